The molecule has 1 atom stereocenters. The number of ketones is 1. The summed E-state index contributed by atoms with van der Waals surface area (Å²) in [4.78, 5) is 41.8. The molecule has 4 aromatic rings. The third-order valence-corrected chi connectivity index (χ3v) is 6.74. The number of nitrogens with zero attached hydrogens (tertiary/aromatic N) is 2. The van der Waals surface area contributed by atoms with E-state index in [9.17, 15) is 24.8 Å². The fraction of sp³-hybridized carbons (Fsp3) is 0.129. The Hall–Kier alpha value is -5.31. The first-order valence-corrected chi connectivity index (χ1v) is 12.6. The highest BCUT2D eigenvalue weighted by atomic mass is 16.6. The number of H-pyrrole nitrogens is 1. The quantitative estimate of drug-likeness (QED) is 0.111. The van der Waals surface area contributed by atoms with Crippen LogP contribution in [0.5, 0.6) is 5.75 Å². The van der Waals surface area contributed by atoms with Gasteiger partial charge in [-0.3, -0.25) is 19.7 Å². The molecule has 0 saturated carbocycles. The Morgan fingerprint density at radius 2 is 1.75 bits per heavy atom. The molecule has 1 aliphatic rings. The molecule has 5 rings (SSSR count). The van der Waals surface area contributed by atoms with E-state index >= 15 is 0 Å². The predicted molar refractivity (Wildman–Crippen MR) is 143 cm³/mol. The van der Waals surface area contributed by atoms with Crippen LogP contribution in [-0.4, -0.2) is 21.5 Å². The van der Waals surface area contributed by atoms with Crippen LogP contribution in [0.25, 0.3) is 5.76 Å². The summed E-state index contributed by atoms with van der Waals surface area (Å²) >= 11 is 0. The van der Waals surface area contributed by atoms with Crippen molar-refractivity contribution in [3.8, 4) is 5.75 Å². The molecular weight excluding hydrogens is 510 g/mol. The first-order valence-electron chi connectivity index (χ1n) is 12.6. The zero-order valence-electron chi connectivity index (χ0n) is 21.6. The number of nitrogens with one attached hydrogen (secondary N) is 1. The predicted octanol–water partition coefficient (Wildman–Crippen LogP) is 3.72. The van der Waals surface area contributed by atoms with Gasteiger partial charge in [0.2, 0.25) is 5.78 Å². The average Bonchev–Trinajstić information content (AvgIpc) is 3.22. The molecule has 1 N–H and O–H groups in total. The van der Waals surface area contributed by atoms with E-state index in [1.807, 2.05) is 30.3 Å². The van der Waals surface area contributed by atoms with Crippen molar-refractivity contribution in [2.24, 2.45) is 0 Å². The van der Waals surface area contributed by atoms with Crippen LogP contribution in [0.4, 0.5) is 5.69 Å². The molecule has 9 heteroatoms. The summed E-state index contributed by atoms with van der Waals surface area (Å²) in [7, 11) is 0. The molecule has 0 radical (unpaired) electrons. The number of nitro benzene ring substituents is 1. The largest absolute Gasteiger partial charge is 0.872 e. The van der Waals surface area contributed by atoms with Crippen LogP contribution in [0.3, 0.4) is 0 Å². The van der Waals surface area contributed by atoms with Crippen molar-refractivity contribution in [2.45, 2.75) is 26.1 Å². The number of carbonyl (C=O) groups excluding carboxylic acids is 2. The minimum atomic E-state index is -1.10. The van der Waals surface area contributed by atoms with Crippen molar-refractivity contribution in [3.05, 3.63) is 141 Å². The van der Waals surface area contributed by atoms with E-state index in [2.05, 4.69) is 4.98 Å². The van der Waals surface area contributed by atoms with Gasteiger partial charge >= 0.3 is 0 Å². The first kappa shape index (κ1) is 26.3. The number of amides is 1. The number of aromatic amines is 1. The van der Waals surface area contributed by atoms with Gasteiger partial charge in [0.1, 0.15) is 12.4 Å². The van der Waals surface area contributed by atoms with Crippen LogP contribution in [-0.2, 0) is 22.7 Å². The summed E-state index contributed by atoms with van der Waals surface area (Å²) in [6.07, 6.45) is 3.38. The molecule has 2 heterocycles. The maximum atomic E-state index is 13.9. The van der Waals surface area contributed by atoms with Gasteiger partial charge in [-0.1, -0.05) is 54.3 Å². The maximum Gasteiger partial charge on any atom is 0.295 e. The highest BCUT2D eigenvalue weighted by Crippen LogP contribution is 2.41. The SMILES string of the molecule is Cc1cc(OCc2ccccc2)ccc1/C([O-])=C1\C(=O)C(=O)N(Cc2ccc[nH+]c2)C1c1cccc([N+](=O)[O-])c1. The number of hydrogen-bond acceptors (Lipinski definition) is 6. The number of nitro groups is 1. The van der Waals surface area contributed by atoms with E-state index in [0.29, 0.717) is 29.0 Å². The van der Waals surface area contributed by atoms with E-state index in [-0.39, 0.29) is 23.4 Å². The number of carbonyl (C=O) groups is 2. The van der Waals surface area contributed by atoms with Crippen LogP contribution in [0.1, 0.15) is 33.9 Å². The lowest BCUT2D eigenvalue weighted by molar-refractivity contribution is -0.385. The van der Waals surface area contributed by atoms with Gasteiger partial charge in [-0.2, -0.15) is 0 Å². The third kappa shape index (κ3) is 5.30. The van der Waals surface area contributed by atoms with Crippen molar-refractivity contribution >= 4 is 23.1 Å². The molecule has 9 nitrogen and oxygen atoms in total. The molecular formula is C31H25N3O6. The molecule has 3 aromatic carbocycles. The van der Waals surface area contributed by atoms with Crippen molar-refractivity contribution in [1.29, 1.82) is 0 Å². The van der Waals surface area contributed by atoms with Gasteiger partial charge in [-0.25, -0.2) is 4.98 Å². The van der Waals surface area contributed by atoms with Crippen LogP contribution in [0.2, 0.25) is 0 Å². The topological polar surface area (TPSA) is 127 Å². The second kappa shape index (κ2) is 11.2. The zero-order chi connectivity index (χ0) is 28.2. The van der Waals surface area contributed by atoms with Gasteiger partial charge < -0.3 is 14.7 Å². The Bertz CT molecular complexity index is 1620. The van der Waals surface area contributed by atoms with Gasteiger partial charge in [-0.05, 0) is 47.4 Å². The van der Waals surface area contributed by atoms with Crippen molar-refractivity contribution in [3.63, 3.8) is 0 Å². The normalized spacial score (nSPS) is 16.2. The van der Waals surface area contributed by atoms with Crippen LogP contribution in [0, 0.1) is 17.0 Å². The fourth-order valence-electron chi connectivity index (χ4n) is 4.78. The summed E-state index contributed by atoms with van der Waals surface area (Å²) < 4.78 is 5.87. The summed E-state index contributed by atoms with van der Waals surface area (Å²) in [5, 5.41) is 25.4. The van der Waals surface area contributed by atoms with Gasteiger partial charge in [0.05, 0.1) is 17.5 Å². The van der Waals surface area contributed by atoms with E-state index in [4.69, 9.17) is 4.74 Å². The maximum absolute atomic E-state index is 13.9. The molecule has 1 aromatic heterocycles. The number of rotatable bonds is 8. The monoisotopic (exact) mass is 535 g/mol. The van der Waals surface area contributed by atoms with Crippen LogP contribution >= 0.6 is 0 Å². The fourth-order valence-corrected chi connectivity index (χ4v) is 4.78. The Morgan fingerprint density at radius 3 is 2.45 bits per heavy atom. The molecule has 1 unspecified atom stereocenters. The van der Waals surface area contributed by atoms with Crippen LogP contribution < -0.4 is 14.8 Å². The smallest absolute Gasteiger partial charge is 0.295 e. The molecule has 1 amide bonds. The minimum absolute atomic E-state index is 0.0251. The second-order valence-electron chi connectivity index (χ2n) is 9.42. The number of benzene rings is 3. The molecule has 1 aliphatic heterocycles. The second-order valence-corrected chi connectivity index (χ2v) is 9.42. The Morgan fingerprint density at radius 1 is 0.975 bits per heavy atom. The zero-order valence-corrected chi connectivity index (χ0v) is 21.6. The summed E-state index contributed by atoms with van der Waals surface area (Å²) in [6.45, 7) is 2.10. The van der Waals surface area contributed by atoms with E-state index in [1.54, 1.807) is 55.7 Å². The number of aromatic nitrogens is 1. The summed E-state index contributed by atoms with van der Waals surface area (Å²) in [5.74, 6) is -1.83. The van der Waals surface area contributed by atoms with Crippen molar-refractivity contribution < 1.29 is 29.3 Å². The number of ether oxygens (including phenoxy) is 1. The van der Waals surface area contributed by atoms with E-state index in [1.165, 1.54) is 23.1 Å². The van der Waals surface area contributed by atoms with E-state index in [0.717, 1.165) is 5.56 Å². The number of non-ortho nitro benzene ring substituents is 1. The molecule has 0 spiro atoms. The van der Waals surface area contributed by atoms with Gasteiger partial charge in [-0.15, -0.1) is 0 Å². The number of pyridine rings is 1. The third-order valence-electron chi connectivity index (χ3n) is 6.74. The number of hydrogen-bond donors (Lipinski definition) is 0. The molecule has 0 bridgehead atoms. The highest BCUT2D eigenvalue weighted by molar-refractivity contribution is 6.46. The van der Waals surface area contributed by atoms with Crippen molar-refractivity contribution in [2.75, 3.05) is 0 Å². The first-order chi connectivity index (χ1) is 19.3. The highest BCUT2D eigenvalue weighted by Gasteiger charge is 2.44. The standard InChI is InChI=1S/C31H25N3O6/c1-20-15-25(40-19-21-7-3-2-4-8-21)12-13-26(20)29(35)27-28(23-10-5-11-24(16-23)34(38)39)33(31(37)30(27)36)18-22-9-6-14-32-17-22/h2-17,28,35H,18-19H2,1H3/b29-27+. The summed E-state index contributed by atoms with van der Waals surface area (Å²) in [5.41, 5.74) is 2.35. The number of Topliss-reactive ketones (excluding diaryl/α,β-unsaturated/α-hetero) is 1. The average molecular weight is 536 g/mol. The Balaban J connectivity index is 1.55. The van der Waals surface area contributed by atoms with Gasteiger partial charge in [0.15, 0.2) is 12.4 Å². The van der Waals surface area contributed by atoms with Crippen molar-refractivity contribution in [1.82, 2.24) is 4.90 Å². The number of likely N-dealkylation sites (tertiary alicyclic amines) is 1. The Kier molecular flexibility index (Phi) is 7.37. The number of aryl methyl sites for hydroxylation is 1. The molecule has 0 aliphatic carbocycles. The van der Waals surface area contributed by atoms with E-state index < -0.39 is 28.4 Å². The Labute approximate surface area is 230 Å². The lowest BCUT2D eigenvalue weighted by Gasteiger charge is -2.27. The molecule has 40 heavy (non-hydrogen) atoms. The lowest BCUT2D eigenvalue weighted by Crippen LogP contribution is -2.29. The minimum Gasteiger partial charge on any atom is -0.872 e. The van der Waals surface area contributed by atoms with Gasteiger partial charge in [0.25, 0.3) is 11.6 Å². The molecule has 1 saturated heterocycles. The van der Waals surface area contributed by atoms with Crippen LogP contribution in [0.15, 0.2) is 103 Å². The molecule has 1 fully saturated rings. The lowest BCUT2D eigenvalue weighted by atomic mass is 9.93. The van der Waals surface area contributed by atoms with Gasteiger partial charge in [0, 0.05) is 29.3 Å². The summed E-state index contributed by atoms with van der Waals surface area (Å²) in [6, 6.07) is 22.6. The molecule has 200 valence electrons.